The molecule has 2 rings (SSSR count). The van der Waals surface area contributed by atoms with Crippen molar-refractivity contribution < 1.29 is 4.74 Å². The number of methoxy groups -OCH3 is 1. The summed E-state index contributed by atoms with van der Waals surface area (Å²) in [5.41, 5.74) is 2.30. The predicted octanol–water partition coefficient (Wildman–Crippen LogP) is 2.60. The lowest BCUT2D eigenvalue weighted by atomic mass is 10.1. The fourth-order valence-corrected chi connectivity index (χ4v) is 2.48. The molecule has 3 nitrogen and oxygen atoms in total. The fraction of sp³-hybridized carbons (Fsp3) is 0.385. The Kier molecular flexibility index (Phi) is 3.60. The minimum absolute atomic E-state index is 0.763. The summed E-state index contributed by atoms with van der Waals surface area (Å²) in [7, 11) is 5.66. The Morgan fingerprint density at radius 3 is 2.82 bits per heavy atom. The number of likely N-dealkylation sites (N-methyl/N-ethyl adjacent to an activating group) is 1. The zero-order valence-corrected chi connectivity index (χ0v) is 11.1. The van der Waals surface area contributed by atoms with Gasteiger partial charge >= 0.3 is 0 Å². The van der Waals surface area contributed by atoms with E-state index in [0.717, 1.165) is 34.6 Å². The van der Waals surface area contributed by atoms with Crippen molar-refractivity contribution in [2.45, 2.75) is 6.42 Å². The van der Waals surface area contributed by atoms with Gasteiger partial charge in [-0.25, -0.2) is 0 Å². The van der Waals surface area contributed by atoms with Gasteiger partial charge in [-0.15, -0.1) is 0 Å². The van der Waals surface area contributed by atoms with Crippen LogP contribution in [-0.4, -0.2) is 25.3 Å². The number of aryl methyl sites for hydroxylation is 1. The molecule has 1 aromatic heterocycles. The number of fused-ring (bicyclic) bond motifs is 1. The van der Waals surface area contributed by atoms with Gasteiger partial charge in [-0.2, -0.15) is 0 Å². The second-order valence-electron chi connectivity index (χ2n) is 4.09. The van der Waals surface area contributed by atoms with Crippen molar-refractivity contribution >= 4 is 22.5 Å². The number of halogens is 1. The van der Waals surface area contributed by atoms with Gasteiger partial charge in [0.15, 0.2) is 0 Å². The fourth-order valence-electron chi connectivity index (χ4n) is 2.18. The van der Waals surface area contributed by atoms with Crippen LogP contribution in [0.5, 0.6) is 5.75 Å². The minimum Gasteiger partial charge on any atom is -0.496 e. The van der Waals surface area contributed by atoms with E-state index in [-0.39, 0.29) is 0 Å². The standard InChI is InChI=1S/C13H17ClN2O/c1-15-7-6-9-8-16(2)13-10(14)4-5-11(17-3)12(9)13/h4-5,8,15H,6-7H2,1-3H3. The van der Waals surface area contributed by atoms with Crippen LogP contribution in [0.4, 0.5) is 0 Å². The third-order valence-corrected chi connectivity index (χ3v) is 3.28. The Labute approximate surface area is 106 Å². The van der Waals surface area contributed by atoms with E-state index >= 15 is 0 Å². The topological polar surface area (TPSA) is 26.2 Å². The Balaban J connectivity index is 2.64. The van der Waals surface area contributed by atoms with Crippen molar-refractivity contribution in [1.29, 1.82) is 0 Å². The van der Waals surface area contributed by atoms with Crippen molar-refractivity contribution in [2.24, 2.45) is 7.05 Å². The van der Waals surface area contributed by atoms with E-state index in [1.807, 2.05) is 26.2 Å². The average Bonchev–Trinajstić information content (AvgIpc) is 2.66. The van der Waals surface area contributed by atoms with E-state index in [9.17, 15) is 0 Å². The Morgan fingerprint density at radius 2 is 2.18 bits per heavy atom. The van der Waals surface area contributed by atoms with Gasteiger partial charge in [0.25, 0.3) is 0 Å². The van der Waals surface area contributed by atoms with E-state index < -0.39 is 0 Å². The molecule has 1 N–H and O–H groups in total. The number of ether oxygens (including phenoxy) is 1. The van der Waals surface area contributed by atoms with Crippen LogP contribution in [-0.2, 0) is 13.5 Å². The first-order valence-corrected chi connectivity index (χ1v) is 6.01. The Hall–Kier alpha value is -1.19. The van der Waals surface area contributed by atoms with E-state index in [2.05, 4.69) is 16.1 Å². The minimum atomic E-state index is 0.763. The molecular formula is C13H17ClN2O. The molecule has 0 amide bonds. The highest BCUT2D eigenvalue weighted by Gasteiger charge is 2.13. The van der Waals surface area contributed by atoms with Crippen LogP contribution in [0.2, 0.25) is 5.02 Å². The van der Waals surface area contributed by atoms with Crippen LogP contribution in [0.15, 0.2) is 18.3 Å². The van der Waals surface area contributed by atoms with Gasteiger partial charge in [-0.05, 0) is 37.7 Å². The monoisotopic (exact) mass is 252 g/mol. The number of hydrogen-bond donors (Lipinski definition) is 1. The van der Waals surface area contributed by atoms with Gasteiger partial charge in [-0.3, -0.25) is 0 Å². The largest absolute Gasteiger partial charge is 0.496 e. The van der Waals surface area contributed by atoms with E-state index in [4.69, 9.17) is 16.3 Å². The molecule has 0 radical (unpaired) electrons. The Bertz CT molecular complexity index is 534. The molecular weight excluding hydrogens is 236 g/mol. The summed E-state index contributed by atoms with van der Waals surface area (Å²) in [5, 5.41) is 5.05. The first-order valence-electron chi connectivity index (χ1n) is 5.64. The zero-order valence-electron chi connectivity index (χ0n) is 10.4. The lowest BCUT2D eigenvalue weighted by molar-refractivity contribution is 0.419. The molecule has 0 bridgehead atoms. The maximum absolute atomic E-state index is 6.25. The summed E-state index contributed by atoms with van der Waals surface area (Å²) in [5.74, 6) is 0.885. The molecule has 0 aliphatic carbocycles. The first-order chi connectivity index (χ1) is 8.19. The van der Waals surface area contributed by atoms with Gasteiger partial charge in [0.1, 0.15) is 5.75 Å². The summed E-state index contributed by atoms with van der Waals surface area (Å²) in [6.07, 6.45) is 3.08. The van der Waals surface area contributed by atoms with Crippen LogP contribution in [0.1, 0.15) is 5.56 Å². The lowest BCUT2D eigenvalue weighted by Crippen LogP contribution is -2.10. The van der Waals surface area contributed by atoms with Gasteiger partial charge in [-0.1, -0.05) is 11.6 Å². The normalized spacial score (nSPS) is 11.1. The number of aromatic nitrogens is 1. The quantitative estimate of drug-likeness (QED) is 0.905. The first kappa shape index (κ1) is 12.3. The van der Waals surface area contributed by atoms with Crippen molar-refractivity contribution in [3.05, 3.63) is 28.9 Å². The number of hydrogen-bond acceptors (Lipinski definition) is 2. The van der Waals surface area contributed by atoms with E-state index in [1.54, 1.807) is 7.11 Å². The van der Waals surface area contributed by atoms with Crippen molar-refractivity contribution in [3.63, 3.8) is 0 Å². The van der Waals surface area contributed by atoms with E-state index in [0.29, 0.717) is 0 Å². The number of nitrogens with zero attached hydrogens (tertiary/aromatic N) is 1. The molecule has 17 heavy (non-hydrogen) atoms. The summed E-state index contributed by atoms with van der Waals surface area (Å²) in [6.45, 7) is 0.939. The molecule has 2 aromatic rings. The molecule has 92 valence electrons. The van der Waals surface area contributed by atoms with Crippen LogP contribution < -0.4 is 10.1 Å². The highest BCUT2D eigenvalue weighted by molar-refractivity contribution is 6.35. The lowest BCUT2D eigenvalue weighted by Gasteiger charge is -2.06. The molecule has 0 atom stereocenters. The second kappa shape index (κ2) is 4.98. The molecule has 1 aromatic carbocycles. The highest BCUT2D eigenvalue weighted by atomic mass is 35.5. The third-order valence-electron chi connectivity index (χ3n) is 2.98. The molecule has 0 spiro atoms. The van der Waals surface area contributed by atoms with Crippen molar-refractivity contribution in [2.75, 3.05) is 20.7 Å². The number of rotatable bonds is 4. The van der Waals surface area contributed by atoms with Gasteiger partial charge < -0.3 is 14.6 Å². The molecule has 0 saturated carbocycles. The van der Waals surface area contributed by atoms with Crippen LogP contribution in [0, 0.1) is 0 Å². The summed E-state index contributed by atoms with van der Waals surface area (Å²) in [6, 6.07) is 3.80. The molecule has 0 saturated heterocycles. The molecule has 4 heteroatoms. The third kappa shape index (κ3) is 2.13. The maximum Gasteiger partial charge on any atom is 0.128 e. The maximum atomic E-state index is 6.25. The zero-order chi connectivity index (χ0) is 12.4. The molecule has 0 fully saturated rings. The summed E-state index contributed by atoms with van der Waals surface area (Å²) in [4.78, 5) is 0. The van der Waals surface area contributed by atoms with Crippen LogP contribution >= 0.6 is 11.6 Å². The second-order valence-corrected chi connectivity index (χ2v) is 4.50. The summed E-state index contributed by atoms with van der Waals surface area (Å²) >= 11 is 6.25. The SMILES string of the molecule is CNCCc1cn(C)c2c(Cl)ccc(OC)c12. The van der Waals surface area contributed by atoms with Gasteiger partial charge in [0, 0.05) is 18.6 Å². The van der Waals surface area contributed by atoms with E-state index in [1.165, 1.54) is 5.56 Å². The van der Waals surface area contributed by atoms with Crippen molar-refractivity contribution in [1.82, 2.24) is 9.88 Å². The predicted molar refractivity (Wildman–Crippen MR) is 72.1 cm³/mol. The molecule has 0 aliphatic rings. The number of nitrogens with one attached hydrogen (secondary N) is 1. The van der Waals surface area contributed by atoms with Gasteiger partial charge in [0.2, 0.25) is 0 Å². The molecule has 0 aliphatic heterocycles. The van der Waals surface area contributed by atoms with Crippen molar-refractivity contribution in [3.8, 4) is 5.75 Å². The van der Waals surface area contributed by atoms with Crippen LogP contribution in [0.3, 0.4) is 0 Å². The number of benzene rings is 1. The Morgan fingerprint density at radius 1 is 1.41 bits per heavy atom. The molecule has 0 unspecified atom stereocenters. The van der Waals surface area contributed by atoms with Gasteiger partial charge in [0.05, 0.1) is 17.6 Å². The summed E-state index contributed by atoms with van der Waals surface area (Å²) < 4.78 is 7.48. The highest BCUT2D eigenvalue weighted by Crippen LogP contribution is 2.35. The average molecular weight is 253 g/mol. The molecule has 1 heterocycles. The van der Waals surface area contributed by atoms with Crippen LogP contribution in [0.25, 0.3) is 10.9 Å². The smallest absolute Gasteiger partial charge is 0.128 e.